The largest absolute Gasteiger partial charge is 0.461 e. The molecule has 2 aromatic rings. The third kappa shape index (κ3) is 2.43. The normalized spacial score (nSPS) is 12.7. The summed E-state index contributed by atoms with van der Waals surface area (Å²) in [6.07, 6.45) is -0.245. The first-order chi connectivity index (χ1) is 8.49. The average Bonchev–Trinajstić information content (AvgIpc) is 2.71. The lowest BCUT2D eigenvalue weighted by molar-refractivity contribution is 0.187. The summed E-state index contributed by atoms with van der Waals surface area (Å²) in [4.78, 5) is 0. The van der Waals surface area contributed by atoms with Gasteiger partial charge in [-0.2, -0.15) is 0 Å². The van der Waals surface area contributed by atoms with Crippen molar-refractivity contribution in [3.05, 3.63) is 47.2 Å². The van der Waals surface area contributed by atoms with E-state index < -0.39 is 17.7 Å². The first kappa shape index (κ1) is 12.8. The maximum atomic E-state index is 13.9. The Morgan fingerprint density at radius 1 is 1.22 bits per heavy atom. The van der Waals surface area contributed by atoms with E-state index in [9.17, 15) is 13.9 Å². The zero-order valence-electron chi connectivity index (χ0n) is 10.2. The molecule has 1 atom stereocenters. The van der Waals surface area contributed by atoms with Gasteiger partial charge in [-0.1, -0.05) is 6.07 Å². The average molecular weight is 252 g/mol. The number of furan rings is 1. The highest BCUT2D eigenvalue weighted by molar-refractivity contribution is 5.60. The van der Waals surface area contributed by atoms with Crippen LogP contribution in [0.5, 0.6) is 0 Å². The van der Waals surface area contributed by atoms with E-state index in [0.717, 1.165) is 0 Å². The summed E-state index contributed by atoms with van der Waals surface area (Å²) < 4.78 is 32.9. The van der Waals surface area contributed by atoms with Gasteiger partial charge in [0.25, 0.3) is 0 Å². The van der Waals surface area contributed by atoms with E-state index in [1.54, 1.807) is 19.9 Å². The molecule has 0 saturated carbocycles. The lowest BCUT2D eigenvalue weighted by Gasteiger charge is -2.05. The molecule has 0 aliphatic carbocycles. The Balaban J connectivity index is 2.43. The molecule has 0 aliphatic rings. The van der Waals surface area contributed by atoms with Crippen molar-refractivity contribution in [3.63, 3.8) is 0 Å². The van der Waals surface area contributed by atoms with Gasteiger partial charge < -0.3 is 9.52 Å². The highest BCUT2D eigenvalue weighted by Gasteiger charge is 2.17. The predicted molar refractivity (Wildman–Crippen MR) is 64.2 cm³/mol. The van der Waals surface area contributed by atoms with Crippen LogP contribution < -0.4 is 0 Å². The van der Waals surface area contributed by atoms with Crippen LogP contribution in [0.25, 0.3) is 11.3 Å². The summed E-state index contributed by atoms with van der Waals surface area (Å²) in [5.74, 6) is -0.631. The smallest absolute Gasteiger partial charge is 0.140 e. The Morgan fingerprint density at radius 3 is 2.61 bits per heavy atom. The Bertz CT molecular complexity index is 559. The highest BCUT2D eigenvalue weighted by atomic mass is 19.1. The molecule has 4 heteroatoms. The molecule has 0 saturated heterocycles. The number of rotatable bonds is 3. The minimum Gasteiger partial charge on any atom is -0.461 e. The Hall–Kier alpha value is -1.68. The second-order valence-electron chi connectivity index (χ2n) is 4.37. The Kier molecular flexibility index (Phi) is 3.48. The molecule has 18 heavy (non-hydrogen) atoms. The minimum absolute atomic E-state index is 0.143. The summed E-state index contributed by atoms with van der Waals surface area (Å²) in [5, 5.41) is 9.23. The molecule has 1 aromatic heterocycles. The molecule has 0 radical (unpaired) electrons. The van der Waals surface area contributed by atoms with Crippen LogP contribution >= 0.6 is 0 Å². The van der Waals surface area contributed by atoms with Crippen LogP contribution in [0.3, 0.4) is 0 Å². The summed E-state index contributed by atoms with van der Waals surface area (Å²) >= 11 is 0. The fraction of sp³-hybridized carbons (Fsp3) is 0.286. The fourth-order valence-electron chi connectivity index (χ4n) is 1.80. The van der Waals surface area contributed by atoms with Gasteiger partial charge in [-0.05, 0) is 37.6 Å². The van der Waals surface area contributed by atoms with Gasteiger partial charge in [0.05, 0.1) is 11.7 Å². The molecule has 0 amide bonds. The standard InChI is InChI=1S/C14H14F2O2/c1-8-3-5-11(15)13(14(8)16)12-6-4-10(18-12)7-9(2)17/h3-6,9,17H,7H2,1-2H3. The second kappa shape index (κ2) is 4.90. The van der Waals surface area contributed by atoms with E-state index in [1.807, 2.05) is 0 Å². The van der Waals surface area contributed by atoms with Crippen LogP contribution in [0.15, 0.2) is 28.7 Å². The topological polar surface area (TPSA) is 33.4 Å². The van der Waals surface area contributed by atoms with Gasteiger partial charge in [0, 0.05) is 6.42 Å². The number of hydrogen-bond acceptors (Lipinski definition) is 2. The fourth-order valence-corrected chi connectivity index (χ4v) is 1.80. The molecular formula is C14H14F2O2. The number of aryl methyl sites for hydroxylation is 1. The van der Waals surface area contributed by atoms with Gasteiger partial charge in [0.15, 0.2) is 0 Å². The Morgan fingerprint density at radius 2 is 1.94 bits per heavy atom. The van der Waals surface area contributed by atoms with Gasteiger partial charge in [0.1, 0.15) is 23.2 Å². The second-order valence-corrected chi connectivity index (χ2v) is 4.37. The number of benzene rings is 1. The maximum Gasteiger partial charge on any atom is 0.140 e. The molecule has 0 fully saturated rings. The first-order valence-electron chi connectivity index (χ1n) is 5.70. The van der Waals surface area contributed by atoms with E-state index in [4.69, 9.17) is 4.42 Å². The van der Waals surface area contributed by atoms with Crippen molar-refractivity contribution in [2.24, 2.45) is 0 Å². The third-order valence-corrected chi connectivity index (χ3v) is 2.69. The molecule has 0 bridgehead atoms. The van der Waals surface area contributed by atoms with Crippen LogP contribution in [-0.4, -0.2) is 11.2 Å². The van der Waals surface area contributed by atoms with E-state index >= 15 is 0 Å². The van der Waals surface area contributed by atoms with Crippen LogP contribution in [0.1, 0.15) is 18.2 Å². The van der Waals surface area contributed by atoms with E-state index in [2.05, 4.69) is 0 Å². The summed E-state index contributed by atoms with van der Waals surface area (Å²) in [6, 6.07) is 5.72. The van der Waals surface area contributed by atoms with Gasteiger partial charge >= 0.3 is 0 Å². The molecule has 0 aliphatic heterocycles. The van der Waals surface area contributed by atoms with E-state index in [-0.39, 0.29) is 11.3 Å². The van der Waals surface area contributed by atoms with Crippen molar-refractivity contribution in [1.29, 1.82) is 0 Å². The number of aliphatic hydroxyl groups excluding tert-OH is 1. The zero-order valence-corrected chi connectivity index (χ0v) is 10.2. The quantitative estimate of drug-likeness (QED) is 0.907. The summed E-state index contributed by atoms with van der Waals surface area (Å²) in [6.45, 7) is 3.19. The molecule has 2 nitrogen and oxygen atoms in total. The van der Waals surface area contributed by atoms with E-state index in [0.29, 0.717) is 17.7 Å². The third-order valence-electron chi connectivity index (χ3n) is 2.69. The molecule has 1 unspecified atom stereocenters. The summed E-state index contributed by atoms with van der Waals surface area (Å²) in [5.41, 5.74) is 0.201. The molecule has 0 spiro atoms. The maximum absolute atomic E-state index is 13.9. The Labute approximate surface area is 104 Å². The van der Waals surface area contributed by atoms with Gasteiger partial charge in [-0.3, -0.25) is 0 Å². The van der Waals surface area contributed by atoms with Crippen LogP contribution in [-0.2, 0) is 6.42 Å². The van der Waals surface area contributed by atoms with Crippen molar-refractivity contribution >= 4 is 0 Å². The van der Waals surface area contributed by atoms with Crippen molar-refractivity contribution in [2.75, 3.05) is 0 Å². The number of hydrogen-bond donors (Lipinski definition) is 1. The van der Waals surface area contributed by atoms with Crippen molar-refractivity contribution in [2.45, 2.75) is 26.4 Å². The lowest BCUT2D eigenvalue weighted by Crippen LogP contribution is -2.02. The van der Waals surface area contributed by atoms with Crippen molar-refractivity contribution in [1.82, 2.24) is 0 Å². The molecule has 1 N–H and O–H groups in total. The predicted octanol–water partition coefficient (Wildman–Crippen LogP) is 3.46. The monoisotopic (exact) mass is 252 g/mol. The van der Waals surface area contributed by atoms with Crippen LogP contribution in [0.4, 0.5) is 8.78 Å². The van der Waals surface area contributed by atoms with E-state index in [1.165, 1.54) is 18.2 Å². The molecule has 96 valence electrons. The van der Waals surface area contributed by atoms with Gasteiger partial charge in [-0.25, -0.2) is 8.78 Å². The SMILES string of the molecule is Cc1ccc(F)c(-c2ccc(CC(C)O)o2)c1F. The summed E-state index contributed by atoms with van der Waals surface area (Å²) in [7, 11) is 0. The van der Waals surface area contributed by atoms with Crippen LogP contribution in [0, 0.1) is 18.6 Å². The first-order valence-corrected chi connectivity index (χ1v) is 5.70. The van der Waals surface area contributed by atoms with Crippen LogP contribution in [0.2, 0.25) is 0 Å². The zero-order chi connectivity index (χ0) is 13.3. The molecule has 1 heterocycles. The minimum atomic E-state index is -0.656. The molecular weight excluding hydrogens is 238 g/mol. The molecule has 2 rings (SSSR count). The van der Waals surface area contributed by atoms with Crippen molar-refractivity contribution < 1.29 is 18.3 Å². The van der Waals surface area contributed by atoms with Gasteiger partial charge in [-0.15, -0.1) is 0 Å². The van der Waals surface area contributed by atoms with Crippen molar-refractivity contribution in [3.8, 4) is 11.3 Å². The highest BCUT2D eigenvalue weighted by Crippen LogP contribution is 2.29. The lowest BCUT2D eigenvalue weighted by atomic mass is 10.1. The number of aliphatic hydroxyl groups is 1. The number of halogens is 2. The molecule has 1 aromatic carbocycles. The van der Waals surface area contributed by atoms with Gasteiger partial charge in [0.2, 0.25) is 0 Å².